The maximum atomic E-state index is 13.2. The summed E-state index contributed by atoms with van der Waals surface area (Å²) in [5.74, 6) is -1.66. The normalized spacial score (nSPS) is 12.3. The van der Waals surface area contributed by atoms with E-state index in [1.165, 1.54) is 28.3 Å². The smallest absolute Gasteiger partial charge is 0.160 e. The second-order valence-electron chi connectivity index (χ2n) is 5.31. The molecule has 0 saturated carbocycles. The number of benzene rings is 2. The summed E-state index contributed by atoms with van der Waals surface area (Å²) in [6.07, 6.45) is 0. The van der Waals surface area contributed by atoms with Gasteiger partial charge in [0.05, 0.1) is 0 Å². The molecule has 1 unspecified atom stereocenters. The monoisotopic (exact) mass is 275 g/mol. The molecule has 0 aliphatic carbocycles. The lowest BCUT2D eigenvalue weighted by atomic mass is 9.95. The van der Waals surface area contributed by atoms with E-state index >= 15 is 0 Å². The van der Waals surface area contributed by atoms with Gasteiger partial charge in [-0.1, -0.05) is 17.7 Å². The molecule has 0 aliphatic rings. The van der Waals surface area contributed by atoms with Crippen molar-refractivity contribution in [2.24, 2.45) is 0 Å². The third-order valence-electron chi connectivity index (χ3n) is 3.47. The summed E-state index contributed by atoms with van der Waals surface area (Å²) in [6.45, 7) is 8.22. The minimum absolute atomic E-state index is 0.0282. The van der Waals surface area contributed by atoms with Gasteiger partial charge in [-0.15, -0.1) is 0 Å². The van der Waals surface area contributed by atoms with Crippen molar-refractivity contribution < 1.29 is 8.78 Å². The van der Waals surface area contributed by atoms with Crippen LogP contribution < -0.4 is 5.32 Å². The summed E-state index contributed by atoms with van der Waals surface area (Å²) in [4.78, 5) is 0. The highest BCUT2D eigenvalue weighted by atomic mass is 19.2. The standard InChI is InChI=1S/C17H19F2N/c1-10-7-11(2)17(12(3)8-10)13(4)20-14-5-6-15(18)16(19)9-14/h5-9,13,20H,1-4H3. The minimum atomic E-state index is -0.834. The Kier molecular flexibility index (Phi) is 4.07. The Morgan fingerprint density at radius 2 is 1.50 bits per heavy atom. The molecular formula is C17H19F2N. The van der Waals surface area contributed by atoms with Gasteiger partial charge < -0.3 is 5.32 Å². The van der Waals surface area contributed by atoms with Crippen molar-refractivity contribution in [2.45, 2.75) is 33.7 Å². The highest BCUT2D eigenvalue weighted by molar-refractivity contribution is 5.48. The van der Waals surface area contributed by atoms with Gasteiger partial charge in [0.15, 0.2) is 11.6 Å². The Morgan fingerprint density at radius 1 is 0.900 bits per heavy atom. The van der Waals surface area contributed by atoms with E-state index in [1.54, 1.807) is 6.07 Å². The Bertz CT molecular complexity index is 612. The van der Waals surface area contributed by atoms with Crippen molar-refractivity contribution in [1.29, 1.82) is 0 Å². The van der Waals surface area contributed by atoms with Crippen LogP contribution >= 0.6 is 0 Å². The van der Waals surface area contributed by atoms with Crippen LogP contribution in [-0.4, -0.2) is 0 Å². The Balaban J connectivity index is 2.28. The number of anilines is 1. The zero-order chi connectivity index (χ0) is 14.9. The van der Waals surface area contributed by atoms with E-state index in [1.807, 2.05) is 6.92 Å². The molecule has 0 aliphatic heterocycles. The predicted octanol–water partition coefficient (Wildman–Crippen LogP) is 5.06. The molecule has 1 atom stereocenters. The molecule has 0 bridgehead atoms. The van der Waals surface area contributed by atoms with Crippen LogP contribution in [0.2, 0.25) is 0 Å². The van der Waals surface area contributed by atoms with Crippen molar-refractivity contribution >= 4 is 5.69 Å². The number of hydrogen-bond acceptors (Lipinski definition) is 1. The van der Waals surface area contributed by atoms with Crippen LogP contribution in [0.15, 0.2) is 30.3 Å². The summed E-state index contributed by atoms with van der Waals surface area (Å²) >= 11 is 0. The largest absolute Gasteiger partial charge is 0.378 e. The molecule has 0 spiro atoms. The Morgan fingerprint density at radius 3 is 2.05 bits per heavy atom. The first-order valence-corrected chi connectivity index (χ1v) is 6.68. The number of halogens is 2. The van der Waals surface area contributed by atoms with Crippen LogP contribution in [-0.2, 0) is 0 Å². The molecule has 0 saturated heterocycles. The molecule has 0 fully saturated rings. The van der Waals surface area contributed by atoms with Gasteiger partial charge in [0, 0.05) is 17.8 Å². The molecule has 1 N–H and O–H groups in total. The van der Waals surface area contributed by atoms with E-state index in [0.29, 0.717) is 5.69 Å². The first-order chi connectivity index (χ1) is 9.38. The van der Waals surface area contributed by atoms with Crippen LogP contribution in [0.25, 0.3) is 0 Å². The van der Waals surface area contributed by atoms with E-state index in [4.69, 9.17) is 0 Å². The van der Waals surface area contributed by atoms with Crippen LogP contribution in [0, 0.1) is 32.4 Å². The molecule has 3 heteroatoms. The topological polar surface area (TPSA) is 12.0 Å². The van der Waals surface area contributed by atoms with Crippen molar-refractivity contribution in [3.63, 3.8) is 0 Å². The first kappa shape index (κ1) is 14.5. The Labute approximate surface area is 118 Å². The second kappa shape index (κ2) is 5.61. The van der Waals surface area contributed by atoms with E-state index in [2.05, 4.69) is 38.2 Å². The zero-order valence-electron chi connectivity index (χ0n) is 12.2. The lowest BCUT2D eigenvalue weighted by Gasteiger charge is -2.21. The lowest BCUT2D eigenvalue weighted by molar-refractivity contribution is 0.509. The molecule has 106 valence electrons. The molecule has 2 rings (SSSR count). The quantitative estimate of drug-likeness (QED) is 0.825. The third-order valence-corrected chi connectivity index (χ3v) is 3.47. The summed E-state index contributed by atoms with van der Waals surface area (Å²) < 4.78 is 26.2. The fraction of sp³-hybridized carbons (Fsp3) is 0.294. The number of nitrogens with one attached hydrogen (secondary N) is 1. The Hall–Kier alpha value is -1.90. The average Bonchev–Trinajstić information content (AvgIpc) is 2.32. The van der Waals surface area contributed by atoms with Crippen LogP contribution in [0.3, 0.4) is 0 Å². The molecule has 2 aromatic rings. The number of rotatable bonds is 3. The second-order valence-corrected chi connectivity index (χ2v) is 5.31. The van der Waals surface area contributed by atoms with Gasteiger partial charge in [0.25, 0.3) is 0 Å². The van der Waals surface area contributed by atoms with Crippen molar-refractivity contribution in [3.05, 3.63) is 64.2 Å². The van der Waals surface area contributed by atoms with Crippen molar-refractivity contribution in [1.82, 2.24) is 0 Å². The van der Waals surface area contributed by atoms with Crippen LogP contribution in [0.4, 0.5) is 14.5 Å². The van der Waals surface area contributed by atoms with Crippen molar-refractivity contribution in [2.75, 3.05) is 5.32 Å². The SMILES string of the molecule is Cc1cc(C)c(C(C)Nc2ccc(F)c(F)c2)c(C)c1. The van der Waals surface area contributed by atoms with E-state index in [0.717, 1.165) is 6.07 Å². The molecule has 0 amide bonds. The molecule has 20 heavy (non-hydrogen) atoms. The average molecular weight is 275 g/mol. The molecule has 1 nitrogen and oxygen atoms in total. The van der Waals surface area contributed by atoms with Crippen LogP contribution in [0.1, 0.15) is 35.2 Å². The van der Waals surface area contributed by atoms with Gasteiger partial charge in [0.1, 0.15) is 0 Å². The fourth-order valence-electron chi connectivity index (χ4n) is 2.78. The minimum Gasteiger partial charge on any atom is -0.378 e. The van der Waals surface area contributed by atoms with Gasteiger partial charge in [-0.2, -0.15) is 0 Å². The molecule has 0 radical (unpaired) electrons. The summed E-state index contributed by atoms with van der Waals surface area (Å²) in [7, 11) is 0. The summed E-state index contributed by atoms with van der Waals surface area (Å²) in [6, 6.07) is 8.16. The molecule has 0 heterocycles. The van der Waals surface area contributed by atoms with Gasteiger partial charge in [0.2, 0.25) is 0 Å². The number of hydrogen-bond donors (Lipinski definition) is 1. The molecule has 2 aromatic carbocycles. The fourth-order valence-corrected chi connectivity index (χ4v) is 2.78. The summed E-state index contributed by atoms with van der Waals surface area (Å²) in [5, 5.41) is 3.22. The van der Waals surface area contributed by atoms with Gasteiger partial charge in [-0.3, -0.25) is 0 Å². The van der Waals surface area contributed by atoms with E-state index < -0.39 is 11.6 Å². The van der Waals surface area contributed by atoms with Gasteiger partial charge >= 0.3 is 0 Å². The molecule has 0 aromatic heterocycles. The summed E-state index contributed by atoms with van der Waals surface area (Å²) in [5.41, 5.74) is 5.40. The maximum Gasteiger partial charge on any atom is 0.160 e. The van der Waals surface area contributed by atoms with Gasteiger partial charge in [-0.25, -0.2) is 8.78 Å². The highest BCUT2D eigenvalue weighted by Gasteiger charge is 2.12. The zero-order valence-corrected chi connectivity index (χ0v) is 12.2. The highest BCUT2D eigenvalue weighted by Crippen LogP contribution is 2.27. The van der Waals surface area contributed by atoms with Crippen molar-refractivity contribution in [3.8, 4) is 0 Å². The van der Waals surface area contributed by atoms with E-state index in [-0.39, 0.29) is 6.04 Å². The van der Waals surface area contributed by atoms with Crippen LogP contribution in [0.5, 0.6) is 0 Å². The van der Waals surface area contributed by atoms with Gasteiger partial charge in [-0.05, 0) is 56.5 Å². The predicted molar refractivity (Wildman–Crippen MR) is 79.0 cm³/mol. The van der Waals surface area contributed by atoms with E-state index in [9.17, 15) is 8.78 Å². The first-order valence-electron chi connectivity index (χ1n) is 6.68. The third kappa shape index (κ3) is 2.98. The lowest BCUT2D eigenvalue weighted by Crippen LogP contribution is -2.10. The molecular weight excluding hydrogens is 256 g/mol. The maximum absolute atomic E-state index is 13.2. The number of aryl methyl sites for hydroxylation is 3.